The van der Waals surface area contributed by atoms with E-state index in [9.17, 15) is 15.0 Å². The second-order valence-electron chi connectivity index (χ2n) is 9.02. The highest BCUT2D eigenvalue weighted by molar-refractivity contribution is 6.39. The van der Waals surface area contributed by atoms with Crippen LogP contribution in [-0.2, 0) is 16.9 Å². The highest BCUT2D eigenvalue weighted by Crippen LogP contribution is 2.46. The van der Waals surface area contributed by atoms with Crippen molar-refractivity contribution in [2.75, 3.05) is 0 Å². The summed E-state index contributed by atoms with van der Waals surface area (Å²) >= 11 is 12.9. The van der Waals surface area contributed by atoms with Gasteiger partial charge in [0.1, 0.15) is 17.1 Å². The van der Waals surface area contributed by atoms with Crippen molar-refractivity contribution in [1.82, 2.24) is 10.1 Å². The first-order chi connectivity index (χ1) is 16.4. The van der Waals surface area contributed by atoms with Gasteiger partial charge in [0.05, 0.1) is 34.0 Å². The number of rotatable bonds is 7. The third-order valence-corrected chi connectivity index (χ3v) is 7.30. The van der Waals surface area contributed by atoms with Gasteiger partial charge in [-0.2, -0.15) is 0 Å². The molecule has 5 rings (SSSR count). The minimum Gasteiger partial charge on any atom is -0.478 e. The lowest BCUT2D eigenvalue weighted by molar-refractivity contribution is -0.0662. The third kappa shape index (κ3) is 4.58. The van der Waals surface area contributed by atoms with E-state index in [2.05, 4.69) is 10.1 Å². The van der Waals surface area contributed by atoms with Crippen LogP contribution in [-0.4, -0.2) is 32.4 Å². The molecule has 0 saturated heterocycles. The molecule has 7 nitrogen and oxygen atoms in total. The van der Waals surface area contributed by atoms with Crippen LogP contribution in [0.25, 0.3) is 11.3 Å². The van der Waals surface area contributed by atoms with Crippen LogP contribution in [0, 0.1) is 0 Å². The maximum atomic E-state index is 11.3. The molecule has 34 heavy (non-hydrogen) atoms. The Balaban J connectivity index is 1.30. The Kier molecular flexibility index (Phi) is 6.37. The summed E-state index contributed by atoms with van der Waals surface area (Å²) in [6.45, 7) is 0.308. The monoisotopic (exact) mass is 502 g/mol. The van der Waals surface area contributed by atoms with Crippen LogP contribution >= 0.6 is 23.2 Å². The van der Waals surface area contributed by atoms with Gasteiger partial charge < -0.3 is 19.5 Å². The average Bonchev–Trinajstić information content (AvgIpc) is 3.59. The molecule has 2 heterocycles. The lowest BCUT2D eigenvalue weighted by Gasteiger charge is -2.35. The Labute approximate surface area is 206 Å². The number of ether oxygens (including phenoxy) is 1. The lowest BCUT2D eigenvalue weighted by Crippen LogP contribution is -2.35. The molecule has 2 aliphatic carbocycles. The first-order valence-corrected chi connectivity index (χ1v) is 12.1. The van der Waals surface area contributed by atoms with Gasteiger partial charge in [0.25, 0.3) is 0 Å². The Morgan fingerprint density at radius 2 is 1.85 bits per heavy atom. The maximum absolute atomic E-state index is 11.3. The second kappa shape index (κ2) is 9.30. The number of hydrogen-bond donors (Lipinski definition) is 2. The number of carboxylic acid groups (broad SMARTS) is 1. The van der Waals surface area contributed by atoms with Gasteiger partial charge in [0.15, 0.2) is 0 Å². The molecule has 0 bridgehead atoms. The van der Waals surface area contributed by atoms with E-state index in [1.807, 2.05) is 0 Å². The van der Waals surface area contributed by atoms with Gasteiger partial charge in [0, 0.05) is 23.2 Å². The third-order valence-electron chi connectivity index (χ3n) is 6.67. The van der Waals surface area contributed by atoms with E-state index >= 15 is 0 Å². The number of carbonyl (C=O) groups is 1. The second-order valence-corrected chi connectivity index (χ2v) is 9.84. The Bertz CT molecular complexity index is 1200. The molecule has 3 aromatic rings. The fourth-order valence-corrected chi connectivity index (χ4v) is 5.14. The van der Waals surface area contributed by atoms with E-state index in [0.717, 1.165) is 24.2 Å². The standard InChI is InChI=1S/C25H24Cl2N2O5/c26-18-2-1-3-19(27)21(18)22-17(23(34-29-22)14-4-5-14)13-33-16-6-9-25(32,10-7-16)20-12-15(24(30)31)8-11-28-20/h1-3,8,11-12,14,16,32H,4-7,9-10,13H2,(H,30,31)/t16-,25+. The predicted molar refractivity (Wildman–Crippen MR) is 126 cm³/mol. The Hall–Kier alpha value is -2.45. The van der Waals surface area contributed by atoms with E-state index in [-0.39, 0.29) is 11.7 Å². The van der Waals surface area contributed by atoms with Crippen molar-refractivity contribution >= 4 is 29.2 Å². The fourth-order valence-electron chi connectivity index (χ4n) is 4.56. The zero-order valence-corrected chi connectivity index (χ0v) is 19.8. The van der Waals surface area contributed by atoms with Crippen LogP contribution in [0.15, 0.2) is 41.1 Å². The number of benzene rings is 1. The van der Waals surface area contributed by atoms with Crippen molar-refractivity contribution in [3.05, 3.63) is 69.2 Å². The summed E-state index contributed by atoms with van der Waals surface area (Å²) in [6, 6.07) is 8.20. The van der Waals surface area contributed by atoms with E-state index in [1.54, 1.807) is 18.2 Å². The van der Waals surface area contributed by atoms with Crippen LogP contribution < -0.4 is 0 Å². The molecule has 2 fully saturated rings. The van der Waals surface area contributed by atoms with Gasteiger partial charge in [-0.15, -0.1) is 0 Å². The highest BCUT2D eigenvalue weighted by atomic mass is 35.5. The maximum Gasteiger partial charge on any atom is 0.335 e. The molecule has 2 N–H and O–H groups in total. The topological polar surface area (TPSA) is 106 Å². The van der Waals surface area contributed by atoms with Crippen molar-refractivity contribution in [3.8, 4) is 11.3 Å². The zero-order valence-electron chi connectivity index (χ0n) is 18.3. The molecule has 0 spiro atoms. The van der Waals surface area contributed by atoms with Crippen LogP contribution in [0.4, 0.5) is 0 Å². The number of aliphatic hydroxyl groups is 1. The molecular weight excluding hydrogens is 479 g/mol. The summed E-state index contributed by atoms with van der Waals surface area (Å²) in [6.07, 6.45) is 5.54. The molecule has 1 aromatic carbocycles. The molecule has 0 aliphatic heterocycles. The number of carboxylic acids is 1. The van der Waals surface area contributed by atoms with Gasteiger partial charge in [-0.25, -0.2) is 4.79 Å². The van der Waals surface area contributed by atoms with Crippen molar-refractivity contribution < 1.29 is 24.3 Å². The van der Waals surface area contributed by atoms with Crippen molar-refractivity contribution in [3.63, 3.8) is 0 Å². The van der Waals surface area contributed by atoms with Gasteiger partial charge in [0.2, 0.25) is 0 Å². The molecule has 178 valence electrons. The molecule has 0 amide bonds. The molecule has 9 heteroatoms. The van der Waals surface area contributed by atoms with Gasteiger partial charge >= 0.3 is 5.97 Å². The molecule has 2 saturated carbocycles. The van der Waals surface area contributed by atoms with E-state index in [4.69, 9.17) is 32.5 Å². The first-order valence-electron chi connectivity index (χ1n) is 11.3. The van der Waals surface area contributed by atoms with E-state index in [1.165, 1.54) is 18.3 Å². The largest absolute Gasteiger partial charge is 0.478 e. The summed E-state index contributed by atoms with van der Waals surface area (Å²) in [7, 11) is 0. The average molecular weight is 503 g/mol. The minimum absolute atomic E-state index is 0.0700. The molecule has 0 unspecified atom stereocenters. The fraction of sp³-hybridized carbons (Fsp3) is 0.400. The molecular formula is C25H24Cl2N2O5. The molecule has 0 atom stereocenters. The van der Waals surface area contributed by atoms with E-state index < -0.39 is 11.6 Å². The summed E-state index contributed by atoms with van der Waals surface area (Å²) in [5.74, 6) is 0.122. The van der Waals surface area contributed by atoms with Crippen LogP contribution in [0.2, 0.25) is 10.0 Å². The number of hydrogen-bond acceptors (Lipinski definition) is 6. The zero-order chi connectivity index (χ0) is 23.9. The van der Waals surface area contributed by atoms with Crippen LogP contribution in [0.3, 0.4) is 0 Å². The molecule has 2 aliphatic rings. The number of aromatic carboxylic acids is 1. The van der Waals surface area contributed by atoms with Crippen LogP contribution in [0.1, 0.15) is 71.8 Å². The van der Waals surface area contributed by atoms with Crippen molar-refractivity contribution in [2.45, 2.75) is 62.8 Å². The molecule has 0 radical (unpaired) electrons. The van der Waals surface area contributed by atoms with Crippen molar-refractivity contribution in [2.24, 2.45) is 0 Å². The smallest absolute Gasteiger partial charge is 0.335 e. The minimum atomic E-state index is -1.17. The van der Waals surface area contributed by atoms with Crippen molar-refractivity contribution in [1.29, 1.82) is 0 Å². The predicted octanol–water partition coefficient (Wildman–Crippen LogP) is 5.97. The summed E-state index contributed by atoms with van der Waals surface area (Å²) in [4.78, 5) is 15.5. The SMILES string of the molecule is O=C(O)c1ccnc([C@]2(O)CC[C@@H](OCc3c(-c4c(Cl)cccc4Cl)noc3C3CC3)CC2)c1. The summed E-state index contributed by atoms with van der Waals surface area (Å²) in [5, 5.41) is 25.7. The lowest BCUT2D eigenvalue weighted by atomic mass is 9.80. The van der Waals surface area contributed by atoms with Gasteiger partial charge in [-0.3, -0.25) is 4.98 Å². The number of nitrogens with zero attached hydrogens (tertiary/aromatic N) is 2. The van der Waals surface area contributed by atoms with E-state index in [0.29, 0.717) is 65.2 Å². The molecule has 2 aromatic heterocycles. The summed E-state index contributed by atoms with van der Waals surface area (Å²) < 4.78 is 12.0. The number of halogens is 2. The van der Waals surface area contributed by atoms with Crippen LogP contribution in [0.5, 0.6) is 0 Å². The van der Waals surface area contributed by atoms with Gasteiger partial charge in [-0.1, -0.05) is 34.4 Å². The normalized spacial score (nSPS) is 22.6. The number of aromatic nitrogens is 2. The highest BCUT2D eigenvalue weighted by Gasteiger charge is 2.38. The van der Waals surface area contributed by atoms with Gasteiger partial charge in [-0.05, 0) is 62.8 Å². The summed E-state index contributed by atoms with van der Waals surface area (Å²) in [5.41, 5.74) is 1.45. The quantitative estimate of drug-likeness (QED) is 0.410. The first kappa shape index (κ1) is 23.3. The Morgan fingerprint density at radius 3 is 2.50 bits per heavy atom. The number of pyridine rings is 1. The Morgan fingerprint density at radius 1 is 1.15 bits per heavy atom.